The molecule has 6 nitrogen and oxygen atoms in total. The van der Waals surface area contributed by atoms with Gasteiger partial charge in [-0.3, -0.25) is 4.79 Å². The molecule has 2 saturated heterocycles. The minimum atomic E-state index is -0.496. The van der Waals surface area contributed by atoms with E-state index in [9.17, 15) is 9.59 Å². The Labute approximate surface area is 151 Å². The number of hydrogen-bond donors (Lipinski definition) is 0. The van der Waals surface area contributed by atoms with Crippen LogP contribution in [0.1, 0.15) is 59.3 Å². The molecule has 0 N–H and O–H groups in total. The predicted octanol–water partition coefficient (Wildman–Crippen LogP) is 3.05. The van der Waals surface area contributed by atoms with Crippen LogP contribution in [0.4, 0.5) is 4.79 Å². The van der Waals surface area contributed by atoms with E-state index in [4.69, 9.17) is 9.47 Å². The number of piperidine rings is 1. The number of rotatable bonds is 5. The Kier molecular flexibility index (Phi) is 6.72. The average molecular weight is 354 g/mol. The first-order valence-corrected chi connectivity index (χ1v) is 9.54. The number of carbonyl (C=O) groups is 2. The molecule has 0 bridgehead atoms. The fourth-order valence-electron chi connectivity index (χ4n) is 3.86. The van der Waals surface area contributed by atoms with Gasteiger partial charge in [0.25, 0.3) is 0 Å². The monoisotopic (exact) mass is 354 g/mol. The summed E-state index contributed by atoms with van der Waals surface area (Å²) in [5.41, 5.74) is -0.948. The lowest BCUT2D eigenvalue weighted by molar-refractivity contribution is -0.156. The highest BCUT2D eigenvalue weighted by Gasteiger charge is 2.43. The molecule has 2 aliphatic rings. The molecule has 25 heavy (non-hydrogen) atoms. The molecule has 0 aromatic carbocycles. The highest BCUT2D eigenvalue weighted by molar-refractivity contribution is 5.77. The third-order valence-corrected chi connectivity index (χ3v) is 5.32. The van der Waals surface area contributed by atoms with Gasteiger partial charge in [-0.15, -0.1) is 0 Å². The van der Waals surface area contributed by atoms with E-state index >= 15 is 0 Å². The summed E-state index contributed by atoms with van der Waals surface area (Å²) in [6.45, 7) is 10.1. The SMILES string of the molecule is COC(=O)C1(CCCN2CCCC2)CCN(C(=O)OC(C)(C)C)CC1. The average Bonchev–Trinajstić information content (AvgIpc) is 3.06. The van der Waals surface area contributed by atoms with Crippen molar-refractivity contribution in [1.82, 2.24) is 9.80 Å². The zero-order valence-electron chi connectivity index (χ0n) is 16.3. The van der Waals surface area contributed by atoms with E-state index in [1.54, 1.807) is 4.90 Å². The van der Waals surface area contributed by atoms with Crippen LogP contribution < -0.4 is 0 Å². The van der Waals surface area contributed by atoms with Crippen LogP contribution in [0.2, 0.25) is 0 Å². The van der Waals surface area contributed by atoms with E-state index in [2.05, 4.69) is 4.90 Å². The highest BCUT2D eigenvalue weighted by atomic mass is 16.6. The van der Waals surface area contributed by atoms with Gasteiger partial charge in [-0.1, -0.05) is 0 Å². The molecule has 2 aliphatic heterocycles. The fraction of sp³-hybridized carbons (Fsp3) is 0.895. The zero-order chi connectivity index (χ0) is 18.5. The van der Waals surface area contributed by atoms with E-state index in [-0.39, 0.29) is 12.1 Å². The van der Waals surface area contributed by atoms with Crippen molar-refractivity contribution in [2.24, 2.45) is 5.41 Å². The summed E-state index contributed by atoms with van der Waals surface area (Å²) >= 11 is 0. The third kappa shape index (κ3) is 5.59. The summed E-state index contributed by atoms with van der Waals surface area (Å²) in [6.07, 6.45) is 5.42. The number of ether oxygens (including phenoxy) is 2. The Morgan fingerprint density at radius 3 is 2.16 bits per heavy atom. The van der Waals surface area contributed by atoms with E-state index in [1.165, 1.54) is 33.0 Å². The van der Waals surface area contributed by atoms with Crippen LogP contribution in [0.5, 0.6) is 0 Å². The van der Waals surface area contributed by atoms with Gasteiger partial charge in [-0.2, -0.15) is 0 Å². The van der Waals surface area contributed by atoms with Crippen LogP contribution in [-0.2, 0) is 14.3 Å². The first-order chi connectivity index (χ1) is 11.8. The lowest BCUT2D eigenvalue weighted by Gasteiger charge is -2.40. The van der Waals surface area contributed by atoms with Crippen LogP contribution in [-0.4, -0.2) is 67.3 Å². The molecule has 0 atom stereocenters. The molecule has 2 fully saturated rings. The van der Waals surface area contributed by atoms with Crippen molar-refractivity contribution in [3.8, 4) is 0 Å². The van der Waals surface area contributed by atoms with Crippen LogP contribution in [0.3, 0.4) is 0 Å². The quantitative estimate of drug-likeness (QED) is 0.710. The van der Waals surface area contributed by atoms with Crippen molar-refractivity contribution in [2.45, 2.75) is 64.9 Å². The Balaban J connectivity index is 1.88. The van der Waals surface area contributed by atoms with E-state index in [1.807, 2.05) is 20.8 Å². The maximum Gasteiger partial charge on any atom is 0.410 e. The van der Waals surface area contributed by atoms with Crippen LogP contribution in [0.15, 0.2) is 0 Å². The maximum absolute atomic E-state index is 12.5. The number of amides is 1. The second-order valence-corrected chi connectivity index (χ2v) is 8.39. The summed E-state index contributed by atoms with van der Waals surface area (Å²) in [6, 6.07) is 0. The molecule has 0 spiro atoms. The van der Waals surface area contributed by atoms with Crippen molar-refractivity contribution in [3.05, 3.63) is 0 Å². The third-order valence-electron chi connectivity index (χ3n) is 5.32. The topological polar surface area (TPSA) is 59.1 Å². The lowest BCUT2D eigenvalue weighted by atomic mass is 9.74. The van der Waals surface area contributed by atoms with Crippen molar-refractivity contribution in [2.75, 3.05) is 39.8 Å². The summed E-state index contributed by atoms with van der Waals surface area (Å²) in [5, 5.41) is 0. The van der Waals surface area contributed by atoms with Crippen LogP contribution in [0.25, 0.3) is 0 Å². The Morgan fingerprint density at radius 2 is 1.64 bits per heavy atom. The first kappa shape index (κ1) is 20.0. The molecule has 0 aliphatic carbocycles. The molecule has 144 valence electrons. The van der Waals surface area contributed by atoms with Crippen molar-refractivity contribution < 1.29 is 19.1 Å². The highest BCUT2D eigenvalue weighted by Crippen LogP contribution is 2.38. The molecule has 2 heterocycles. The standard InChI is InChI=1S/C19H34N2O4/c1-18(2,3)25-17(23)21-14-9-19(10-15-21,16(22)24-4)8-7-13-20-11-5-6-12-20/h5-15H2,1-4H3. The van der Waals surface area contributed by atoms with Gasteiger partial charge in [0.1, 0.15) is 5.60 Å². The Morgan fingerprint density at radius 1 is 1.04 bits per heavy atom. The summed E-state index contributed by atoms with van der Waals surface area (Å²) in [5.74, 6) is -0.127. The van der Waals surface area contributed by atoms with Gasteiger partial charge in [0.15, 0.2) is 0 Å². The number of hydrogen-bond acceptors (Lipinski definition) is 5. The molecular formula is C19H34N2O4. The number of nitrogens with zero attached hydrogens (tertiary/aromatic N) is 2. The minimum absolute atomic E-state index is 0.127. The Hall–Kier alpha value is -1.30. The van der Waals surface area contributed by atoms with Crippen molar-refractivity contribution in [3.63, 3.8) is 0 Å². The summed E-state index contributed by atoms with van der Waals surface area (Å²) < 4.78 is 10.5. The van der Waals surface area contributed by atoms with Gasteiger partial charge in [-0.25, -0.2) is 4.79 Å². The second-order valence-electron chi connectivity index (χ2n) is 8.39. The van der Waals surface area contributed by atoms with Gasteiger partial charge < -0.3 is 19.3 Å². The molecule has 0 radical (unpaired) electrons. The van der Waals surface area contributed by atoms with Crippen LogP contribution >= 0.6 is 0 Å². The number of esters is 1. The van der Waals surface area contributed by atoms with Crippen molar-refractivity contribution >= 4 is 12.1 Å². The second kappa shape index (κ2) is 8.39. The van der Waals surface area contributed by atoms with Gasteiger partial charge >= 0.3 is 12.1 Å². The number of likely N-dealkylation sites (tertiary alicyclic amines) is 2. The molecule has 1 amide bonds. The van der Waals surface area contributed by atoms with Gasteiger partial charge in [0.05, 0.1) is 12.5 Å². The first-order valence-electron chi connectivity index (χ1n) is 9.54. The molecule has 2 rings (SSSR count). The number of methoxy groups -OCH3 is 1. The lowest BCUT2D eigenvalue weighted by Crippen LogP contribution is -2.48. The summed E-state index contributed by atoms with van der Waals surface area (Å²) in [4.78, 5) is 28.9. The fourth-order valence-corrected chi connectivity index (χ4v) is 3.86. The van der Waals surface area contributed by atoms with Gasteiger partial charge in [-0.05, 0) is 78.9 Å². The summed E-state index contributed by atoms with van der Waals surface area (Å²) in [7, 11) is 1.46. The molecule has 0 aromatic rings. The maximum atomic E-state index is 12.5. The smallest absolute Gasteiger partial charge is 0.410 e. The predicted molar refractivity (Wildman–Crippen MR) is 96.4 cm³/mol. The van der Waals surface area contributed by atoms with E-state index in [0.717, 1.165) is 19.4 Å². The molecule has 0 unspecified atom stereocenters. The van der Waals surface area contributed by atoms with Gasteiger partial charge in [0.2, 0.25) is 0 Å². The largest absolute Gasteiger partial charge is 0.469 e. The van der Waals surface area contributed by atoms with Crippen LogP contribution in [0, 0.1) is 5.41 Å². The molecule has 0 saturated carbocycles. The number of carbonyl (C=O) groups excluding carboxylic acids is 2. The minimum Gasteiger partial charge on any atom is -0.469 e. The van der Waals surface area contributed by atoms with E-state index < -0.39 is 11.0 Å². The van der Waals surface area contributed by atoms with E-state index in [0.29, 0.717) is 25.9 Å². The zero-order valence-corrected chi connectivity index (χ0v) is 16.3. The van der Waals surface area contributed by atoms with Gasteiger partial charge in [0, 0.05) is 13.1 Å². The van der Waals surface area contributed by atoms with Crippen molar-refractivity contribution in [1.29, 1.82) is 0 Å². The Bertz CT molecular complexity index is 459. The normalized spacial score (nSPS) is 21.2. The molecule has 0 aromatic heterocycles. The molecular weight excluding hydrogens is 320 g/mol. The molecule has 6 heteroatoms.